The first-order chi connectivity index (χ1) is 6.93. The van der Waals surface area contributed by atoms with Crippen LogP contribution in [0.3, 0.4) is 0 Å². The van der Waals surface area contributed by atoms with Crippen molar-refractivity contribution in [3.05, 3.63) is 0 Å². The minimum absolute atomic E-state index is 0. The van der Waals surface area contributed by atoms with Crippen LogP contribution in [0.2, 0.25) is 0 Å². The van der Waals surface area contributed by atoms with Gasteiger partial charge in [-0.3, -0.25) is 0 Å². The van der Waals surface area contributed by atoms with Gasteiger partial charge in [-0.2, -0.15) is 0 Å². The fourth-order valence-corrected chi connectivity index (χ4v) is 0. The van der Waals surface area contributed by atoms with Crippen molar-refractivity contribution in [1.29, 1.82) is 0 Å². The number of hydrogen-bond donors (Lipinski definition) is 4. The van der Waals surface area contributed by atoms with Gasteiger partial charge in [0.2, 0.25) is 0 Å². The molecule has 0 rings (SSSR count). The van der Waals surface area contributed by atoms with Gasteiger partial charge < -0.3 is 51.9 Å². The van der Waals surface area contributed by atoms with Gasteiger partial charge in [0.05, 0.1) is 0 Å². The Morgan fingerprint density at radius 2 is 0.412 bits per heavy atom. The maximum absolute atomic E-state index is 8.56. The summed E-state index contributed by atoms with van der Waals surface area (Å²) in [6, 6.07) is 0. The average molecular weight is 383 g/mol. The Balaban J connectivity index is -0.0000000369. The minimum Gasteiger partial charge on any atom is -0.439 e. The third-order valence-electron chi connectivity index (χ3n) is 0. The van der Waals surface area contributed by atoms with Gasteiger partial charge in [-0.1, -0.05) is 0 Å². The molecule has 12 nitrogen and oxygen atoms in total. The fraction of sp³-hybridized carbons (Fsp3) is 0. The van der Waals surface area contributed by atoms with E-state index in [4.69, 9.17) is 51.9 Å². The molecule has 114 valence electrons. The van der Waals surface area contributed by atoms with Crippen LogP contribution in [0.5, 0.6) is 0 Å². The van der Waals surface area contributed by atoms with E-state index < -0.39 is 43.9 Å². The summed E-state index contributed by atoms with van der Waals surface area (Å²) < 4.78 is 96.3. The molecular formula is H4NiO12S4-4. The van der Waals surface area contributed by atoms with E-state index in [1.54, 1.807) is 0 Å². The van der Waals surface area contributed by atoms with Crippen LogP contribution in [-0.2, 0) is 94.1 Å². The molecule has 0 amide bonds. The molecule has 0 spiro atoms. The summed E-state index contributed by atoms with van der Waals surface area (Å²) in [5, 5.41) is 0. The Labute approximate surface area is 112 Å². The zero-order valence-electron chi connectivity index (χ0n) is 7.00. The molecule has 0 radical (unpaired) electrons. The van der Waals surface area contributed by atoms with Crippen LogP contribution in [0.15, 0.2) is 0 Å². The second kappa shape index (κ2) is 25.1. The average Bonchev–Trinajstić information content (AvgIpc) is 1.76. The first kappa shape index (κ1) is 30.3. The van der Waals surface area contributed by atoms with E-state index in [0.717, 1.165) is 0 Å². The van der Waals surface area contributed by atoms with E-state index in [1.807, 2.05) is 0 Å². The van der Waals surface area contributed by atoms with Crippen LogP contribution >= 0.6 is 0 Å². The van der Waals surface area contributed by atoms with Gasteiger partial charge in [0.1, 0.15) is 0 Å². The number of hydrogen-bond acceptors (Lipinski definition) is 12. The molecule has 0 aromatic heterocycles. The van der Waals surface area contributed by atoms with E-state index in [2.05, 4.69) is 0 Å². The zero-order valence-corrected chi connectivity index (χ0v) is 11.3. The molecule has 0 unspecified atom stereocenters. The van der Waals surface area contributed by atoms with E-state index in [-0.39, 0.29) is 16.5 Å². The Morgan fingerprint density at radius 1 is 0.412 bits per heavy atom. The number of rotatable bonds is 0. The molecule has 0 fully saturated rings. The van der Waals surface area contributed by atoms with Crippen LogP contribution in [0.1, 0.15) is 0 Å². The summed E-state index contributed by atoms with van der Waals surface area (Å²) in [7, 11) is -11.4. The first-order valence-corrected chi connectivity index (χ1v) is 6.19. The van der Waals surface area contributed by atoms with E-state index in [1.165, 1.54) is 0 Å². The van der Waals surface area contributed by atoms with E-state index in [9.17, 15) is 0 Å². The van der Waals surface area contributed by atoms with Gasteiger partial charge in [-0.25, -0.2) is 0 Å². The summed E-state index contributed by atoms with van der Waals surface area (Å²) in [6.45, 7) is 0. The van der Waals surface area contributed by atoms with Crippen molar-refractivity contribution in [2.24, 2.45) is 0 Å². The zero-order chi connectivity index (χ0) is 14.3. The monoisotopic (exact) mass is 382 g/mol. The summed E-state index contributed by atoms with van der Waals surface area (Å²) in [5.41, 5.74) is 0. The SMILES string of the molecule is O=[S-](=O)O.O=[S-](=O)O.O=[S-](=O)O.O=[S-](=O)O.[Ni]. The van der Waals surface area contributed by atoms with Gasteiger partial charge in [0.15, 0.2) is 0 Å². The minimum atomic E-state index is -2.86. The molecule has 0 bridgehead atoms. The van der Waals surface area contributed by atoms with Gasteiger partial charge >= 0.3 is 0 Å². The quantitative estimate of drug-likeness (QED) is 0.173. The molecule has 0 aromatic rings. The predicted molar refractivity (Wildman–Crippen MR) is 45.5 cm³/mol. The summed E-state index contributed by atoms with van der Waals surface area (Å²) >= 11 is 0. The molecule has 0 aliphatic rings. The third-order valence-corrected chi connectivity index (χ3v) is 0. The molecule has 0 aromatic carbocycles. The molecule has 17 heteroatoms. The topological polar surface area (TPSA) is 217 Å². The molecular weight excluding hydrogens is 379 g/mol. The second-order valence-electron chi connectivity index (χ2n) is 0.868. The second-order valence-corrected chi connectivity index (χ2v) is 2.61. The predicted octanol–water partition coefficient (Wildman–Crippen LogP) is -0.928. The Bertz CT molecular complexity index is 292. The molecule has 0 saturated heterocycles. The first-order valence-electron chi connectivity index (χ1n) is 2.06. The summed E-state index contributed by atoms with van der Waals surface area (Å²) in [5.74, 6) is 0. The standard InChI is InChI=1S/Ni.4HO3S/c;4*1-4(2)3/h;4*(H,1,2,3)/q;4*-1. The molecule has 4 N–H and O–H groups in total. The smallest absolute Gasteiger partial charge is 0.0495 e. The van der Waals surface area contributed by atoms with Gasteiger partial charge in [-0.15, -0.1) is 0 Å². The van der Waals surface area contributed by atoms with Crippen molar-refractivity contribution in [3.8, 4) is 0 Å². The molecule has 0 aliphatic carbocycles. The molecule has 0 aliphatic heterocycles. The van der Waals surface area contributed by atoms with E-state index in [0.29, 0.717) is 0 Å². The van der Waals surface area contributed by atoms with Crippen molar-refractivity contribution in [2.75, 3.05) is 0 Å². The van der Waals surface area contributed by atoms with Gasteiger partial charge in [0, 0.05) is 60.4 Å². The maximum atomic E-state index is 8.56. The normalized spacial score (nSPS) is 8.00. The Hall–Kier alpha value is 0.134. The van der Waals surface area contributed by atoms with Crippen LogP contribution in [0.4, 0.5) is 0 Å². The van der Waals surface area contributed by atoms with Crippen LogP contribution in [0.25, 0.3) is 0 Å². The molecule has 0 atom stereocenters. The van der Waals surface area contributed by atoms with Gasteiger partial charge in [0.25, 0.3) is 0 Å². The van der Waals surface area contributed by atoms with Crippen molar-refractivity contribution < 1.29 is 68.4 Å². The van der Waals surface area contributed by atoms with Crippen molar-refractivity contribution in [2.45, 2.75) is 0 Å². The van der Waals surface area contributed by atoms with Gasteiger partial charge in [-0.05, 0) is 0 Å². The van der Waals surface area contributed by atoms with Crippen molar-refractivity contribution in [1.82, 2.24) is 0 Å². The Kier molecular flexibility index (Phi) is 44.7. The largest absolute Gasteiger partial charge is 0.439 e. The molecule has 17 heavy (non-hydrogen) atoms. The van der Waals surface area contributed by atoms with Crippen LogP contribution in [-0.4, -0.2) is 18.2 Å². The van der Waals surface area contributed by atoms with Crippen LogP contribution in [0, 0.1) is 0 Å². The van der Waals surface area contributed by atoms with Crippen molar-refractivity contribution in [3.63, 3.8) is 0 Å². The van der Waals surface area contributed by atoms with Crippen LogP contribution < -0.4 is 0 Å². The fourth-order valence-electron chi connectivity index (χ4n) is 0. The molecule has 0 saturated carbocycles. The van der Waals surface area contributed by atoms with E-state index >= 15 is 0 Å². The maximum Gasteiger partial charge on any atom is 0.0495 e. The third kappa shape index (κ3) is 181000. The summed E-state index contributed by atoms with van der Waals surface area (Å²) in [6.07, 6.45) is 0. The Morgan fingerprint density at radius 3 is 0.412 bits per heavy atom. The van der Waals surface area contributed by atoms with Crippen molar-refractivity contribution >= 4 is 43.9 Å². The molecule has 0 heterocycles. The summed E-state index contributed by atoms with van der Waals surface area (Å²) in [4.78, 5) is 0.